The number of halogens is 2. The van der Waals surface area contributed by atoms with Gasteiger partial charge in [-0.25, -0.2) is 9.37 Å². The first-order chi connectivity index (χ1) is 15.4. The van der Waals surface area contributed by atoms with E-state index in [4.69, 9.17) is 11.6 Å². The number of hydrogen-bond donors (Lipinski definition) is 1. The Morgan fingerprint density at radius 1 is 1.03 bits per heavy atom. The number of Topliss-reactive ketones (excluding diaryl/α,β-unsaturated/α-hetero) is 1. The van der Waals surface area contributed by atoms with Crippen molar-refractivity contribution in [2.24, 2.45) is 0 Å². The van der Waals surface area contributed by atoms with Crippen LogP contribution in [0.4, 0.5) is 9.52 Å². The summed E-state index contributed by atoms with van der Waals surface area (Å²) in [5, 5.41) is 11.8. The normalized spacial score (nSPS) is 17.9. The highest BCUT2D eigenvalue weighted by Gasteiger charge is 2.48. The smallest absolute Gasteiger partial charge is 0.301 e. The van der Waals surface area contributed by atoms with Gasteiger partial charge in [-0.3, -0.25) is 14.5 Å². The van der Waals surface area contributed by atoms with E-state index in [-0.39, 0.29) is 16.5 Å². The topological polar surface area (TPSA) is 70.5 Å². The van der Waals surface area contributed by atoms with Crippen LogP contribution in [0.5, 0.6) is 0 Å². The third kappa shape index (κ3) is 3.36. The van der Waals surface area contributed by atoms with Crippen LogP contribution in [0.25, 0.3) is 16.0 Å². The van der Waals surface area contributed by atoms with Gasteiger partial charge in [0, 0.05) is 10.6 Å². The van der Waals surface area contributed by atoms with Crippen LogP contribution in [0.2, 0.25) is 5.02 Å². The Morgan fingerprint density at radius 3 is 2.50 bits per heavy atom. The van der Waals surface area contributed by atoms with E-state index in [9.17, 15) is 19.1 Å². The van der Waals surface area contributed by atoms with Gasteiger partial charge < -0.3 is 5.11 Å². The second-order valence-electron chi connectivity index (χ2n) is 7.20. The van der Waals surface area contributed by atoms with Crippen LogP contribution in [-0.2, 0) is 9.59 Å². The quantitative estimate of drug-likeness (QED) is 0.239. The molecule has 4 aromatic rings. The summed E-state index contributed by atoms with van der Waals surface area (Å²) >= 11 is 7.18. The van der Waals surface area contributed by atoms with Crippen molar-refractivity contribution in [3.63, 3.8) is 0 Å². The van der Waals surface area contributed by atoms with Gasteiger partial charge in [-0.1, -0.05) is 47.2 Å². The molecule has 0 aliphatic carbocycles. The molecule has 32 heavy (non-hydrogen) atoms. The van der Waals surface area contributed by atoms with Crippen molar-refractivity contribution in [1.29, 1.82) is 0 Å². The number of thiazole rings is 1. The minimum atomic E-state index is -1.04. The highest BCUT2D eigenvalue weighted by Crippen LogP contribution is 2.44. The highest BCUT2D eigenvalue weighted by atomic mass is 35.5. The van der Waals surface area contributed by atoms with Crippen molar-refractivity contribution < 1.29 is 19.1 Å². The first kappa shape index (κ1) is 20.4. The second-order valence-corrected chi connectivity index (χ2v) is 8.64. The molecule has 0 radical (unpaired) electrons. The predicted octanol–water partition coefficient (Wildman–Crippen LogP) is 5.72. The summed E-state index contributed by atoms with van der Waals surface area (Å²) in [5.74, 6) is -2.60. The van der Waals surface area contributed by atoms with Crippen LogP contribution in [0.15, 0.2) is 78.4 Å². The second kappa shape index (κ2) is 7.85. The summed E-state index contributed by atoms with van der Waals surface area (Å²) in [4.78, 5) is 32.0. The number of carbonyl (C=O) groups is 2. The number of amides is 1. The fourth-order valence-corrected chi connectivity index (χ4v) is 4.87. The first-order valence-electron chi connectivity index (χ1n) is 9.62. The van der Waals surface area contributed by atoms with Crippen molar-refractivity contribution in [3.8, 4) is 0 Å². The van der Waals surface area contributed by atoms with E-state index < -0.39 is 23.5 Å². The maximum atomic E-state index is 14.1. The van der Waals surface area contributed by atoms with E-state index in [2.05, 4.69) is 4.98 Å². The Labute approximate surface area is 191 Å². The zero-order chi connectivity index (χ0) is 22.4. The average molecular weight is 465 g/mol. The zero-order valence-electron chi connectivity index (χ0n) is 16.3. The lowest BCUT2D eigenvalue weighted by molar-refractivity contribution is -0.132. The van der Waals surface area contributed by atoms with E-state index in [0.717, 1.165) is 4.70 Å². The zero-order valence-corrected chi connectivity index (χ0v) is 17.9. The van der Waals surface area contributed by atoms with Gasteiger partial charge in [-0.15, -0.1) is 0 Å². The summed E-state index contributed by atoms with van der Waals surface area (Å²) in [5.41, 5.74) is 1.20. The maximum Gasteiger partial charge on any atom is 0.301 e. The largest absolute Gasteiger partial charge is 0.507 e. The molecule has 0 saturated carbocycles. The Morgan fingerprint density at radius 2 is 1.78 bits per heavy atom. The highest BCUT2D eigenvalue weighted by molar-refractivity contribution is 7.22. The summed E-state index contributed by atoms with van der Waals surface area (Å²) in [6.45, 7) is 0. The van der Waals surface area contributed by atoms with E-state index >= 15 is 0 Å². The molecule has 0 spiro atoms. The number of aromatic nitrogens is 1. The molecule has 1 amide bonds. The van der Waals surface area contributed by atoms with Gasteiger partial charge in [0.05, 0.1) is 21.8 Å². The SMILES string of the molecule is O=C1C(=O)N(c2nc3ccccc3s2)[C@@H](c2cccc(F)c2)C1=C(O)c1ccc(Cl)cc1. The summed E-state index contributed by atoms with van der Waals surface area (Å²) in [6.07, 6.45) is 0. The van der Waals surface area contributed by atoms with Crippen LogP contribution in [0.3, 0.4) is 0 Å². The number of aliphatic hydroxyl groups is 1. The molecule has 5 nitrogen and oxygen atoms in total. The van der Waals surface area contributed by atoms with Crippen LogP contribution in [0, 0.1) is 5.82 Å². The number of aliphatic hydroxyl groups excluding tert-OH is 1. The number of rotatable bonds is 3. The number of hydrogen-bond acceptors (Lipinski definition) is 5. The third-order valence-corrected chi connectivity index (χ3v) is 6.50. The van der Waals surface area contributed by atoms with Gasteiger partial charge in [0.15, 0.2) is 5.13 Å². The number of benzene rings is 3. The third-order valence-electron chi connectivity index (χ3n) is 5.22. The molecule has 5 rings (SSSR count). The Balaban J connectivity index is 1.74. The van der Waals surface area contributed by atoms with Crippen LogP contribution < -0.4 is 4.90 Å². The molecule has 1 atom stereocenters. The molecule has 1 N–H and O–H groups in total. The predicted molar refractivity (Wildman–Crippen MR) is 122 cm³/mol. The van der Waals surface area contributed by atoms with Gasteiger partial charge >= 0.3 is 5.91 Å². The number of ketones is 1. The molecule has 1 aliphatic heterocycles. The minimum Gasteiger partial charge on any atom is -0.507 e. The van der Waals surface area contributed by atoms with Gasteiger partial charge in [-0.2, -0.15) is 0 Å². The van der Waals surface area contributed by atoms with Gasteiger partial charge in [0.25, 0.3) is 5.78 Å². The summed E-state index contributed by atoms with van der Waals surface area (Å²) in [6, 6.07) is 18.1. The molecule has 1 aromatic heterocycles. The molecular weight excluding hydrogens is 451 g/mol. The van der Waals surface area contributed by atoms with E-state index in [0.29, 0.717) is 21.7 Å². The number of para-hydroxylation sites is 1. The van der Waals surface area contributed by atoms with E-state index in [1.165, 1.54) is 34.4 Å². The van der Waals surface area contributed by atoms with Crippen molar-refractivity contribution in [2.75, 3.05) is 4.90 Å². The molecule has 8 heteroatoms. The number of nitrogens with zero attached hydrogens (tertiary/aromatic N) is 2. The van der Waals surface area contributed by atoms with Crippen molar-refractivity contribution in [3.05, 3.63) is 100 Å². The number of anilines is 1. The molecule has 158 valence electrons. The average Bonchev–Trinajstić information content (AvgIpc) is 3.32. The van der Waals surface area contributed by atoms with Crippen molar-refractivity contribution in [1.82, 2.24) is 4.98 Å². The fourth-order valence-electron chi connectivity index (χ4n) is 3.75. The minimum absolute atomic E-state index is 0.137. The first-order valence-corrected chi connectivity index (χ1v) is 10.8. The van der Waals surface area contributed by atoms with E-state index in [1.54, 1.807) is 36.4 Å². The van der Waals surface area contributed by atoms with Gasteiger partial charge in [-0.05, 0) is 54.1 Å². The number of fused-ring (bicyclic) bond motifs is 1. The van der Waals surface area contributed by atoms with Crippen LogP contribution in [-0.4, -0.2) is 21.8 Å². The Hall–Kier alpha value is -3.55. The molecular formula is C24H14ClFN2O3S. The van der Waals surface area contributed by atoms with E-state index in [1.807, 2.05) is 18.2 Å². The van der Waals surface area contributed by atoms with Crippen LogP contribution in [0.1, 0.15) is 17.2 Å². The number of carbonyl (C=O) groups excluding carboxylic acids is 2. The maximum absolute atomic E-state index is 14.1. The summed E-state index contributed by atoms with van der Waals surface area (Å²) in [7, 11) is 0. The fraction of sp³-hybridized carbons (Fsp3) is 0.0417. The molecule has 1 saturated heterocycles. The van der Waals surface area contributed by atoms with Crippen molar-refractivity contribution >= 4 is 55.7 Å². The van der Waals surface area contributed by atoms with Gasteiger partial charge in [0.2, 0.25) is 0 Å². The Kier molecular flexibility index (Phi) is 5.00. The van der Waals surface area contributed by atoms with Crippen LogP contribution >= 0.6 is 22.9 Å². The molecule has 0 bridgehead atoms. The van der Waals surface area contributed by atoms with Crippen molar-refractivity contribution in [2.45, 2.75) is 6.04 Å². The monoisotopic (exact) mass is 464 g/mol. The Bertz CT molecular complexity index is 1380. The molecule has 1 aliphatic rings. The lowest BCUT2D eigenvalue weighted by Crippen LogP contribution is -2.29. The van der Waals surface area contributed by atoms with Gasteiger partial charge in [0.1, 0.15) is 11.6 Å². The summed E-state index contributed by atoms with van der Waals surface area (Å²) < 4.78 is 14.9. The molecule has 0 unspecified atom stereocenters. The standard InChI is InChI=1S/C24H14ClFN2O3S/c25-15-10-8-13(9-11-15)21(29)19-20(14-4-3-5-16(26)12-14)28(23(31)22(19)30)24-27-17-6-1-2-7-18(17)32-24/h1-12,20,29H/t20-/m0/s1. The lowest BCUT2D eigenvalue weighted by atomic mass is 9.95. The molecule has 1 fully saturated rings. The molecule has 3 aromatic carbocycles. The molecule has 2 heterocycles. The lowest BCUT2D eigenvalue weighted by Gasteiger charge is -2.23.